The Bertz CT molecular complexity index is 399. The molecule has 0 amide bonds. The van der Waals surface area contributed by atoms with Crippen LogP contribution in [0.1, 0.15) is 36.8 Å². The molecular formula is C15H21NO2. The van der Waals surface area contributed by atoms with Crippen LogP contribution in [-0.4, -0.2) is 28.6 Å². The van der Waals surface area contributed by atoms with Crippen LogP contribution in [0.25, 0.3) is 0 Å². The number of likely N-dealkylation sites (tertiary alicyclic amines) is 1. The monoisotopic (exact) mass is 247 g/mol. The molecule has 2 rings (SSSR count). The first-order chi connectivity index (χ1) is 8.66. The minimum Gasteiger partial charge on any atom is -0.480 e. The number of carboxylic acids is 1. The number of aryl methyl sites for hydroxylation is 1. The van der Waals surface area contributed by atoms with Crippen LogP contribution in [0.3, 0.4) is 0 Å². The smallest absolute Gasteiger partial charge is 0.320 e. The minimum absolute atomic E-state index is 0.311. The molecule has 1 aliphatic rings. The molecular weight excluding hydrogens is 226 g/mol. The second-order valence-electron chi connectivity index (χ2n) is 5.16. The lowest BCUT2D eigenvalue weighted by atomic mass is 10.1. The van der Waals surface area contributed by atoms with E-state index in [1.54, 1.807) is 0 Å². The van der Waals surface area contributed by atoms with Crippen molar-refractivity contribution < 1.29 is 9.90 Å². The number of hydrogen-bond donors (Lipinski definition) is 1. The van der Waals surface area contributed by atoms with Gasteiger partial charge in [-0.2, -0.15) is 0 Å². The predicted octanol–water partition coefficient (Wildman–Crippen LogP) is 2.82. The van der Waals surface area contributed by atoms with Gasteiger partial charge < -0.3 is 5.11 Å². The van der Waals surface area contributed by atoms with Gasteiger partial charge in [-0.05, 0) is 31.9 Å². The van der Waals surface area contributed by atoms with Gasteiger partial charge >= 0.3 is 5.97 Å². The minimum atomic E-state index is -0.677. The topological polar surface area (TPSA) is 40.5 Å². The van der Waals surface area contributed by atoms with Crippen LogP contribution in [0.5, 0.6) is 0 Å². The van der Waals surface area contributed by atoms with E-state index in [-0.39, 0.29) is 6.04 Å². The predicted molar refractivity (Wildman–Crippen MR) is 71.5 cm³/mol. The van der Waals surface area contributed by atoms with Gasteiger partial charge in [0.2, 0.25) is 0 Å². The number of rotatable bonds is 3. The van der Waals surface area contributed by atoms with E-state index >= 15 is 0 Å². The molecule has 0 aromatic heterocycles. The van der Waals surface area contributed by atoms with Gasteiger partial charge in [-0.25, -0.2) is 0 Å². The van der Waals surface area contributed by atoms with Crippen molar-refractivity contribution in [2.24, 2.45) is 0 Å². The first-order valence-corrected chi connectivity index (χ1v) is 6.69. The second-order valence-corrected chi connectivity index (χ2v) is 5.16. The summed E-state index contributed by atoms with van der Waals surface area (Å²) in [4.78, 5) is 13.4. The Morgan fingerprint density at radius 2 is 2.00 bits per heavy atom. The van der Waals surface area contributed by atoms with E-state index in [4.69, 9.17) is 0 Å². The third-order valence-corrected chi connectivity index (χ3v) is 3.65. The lowest BCUT2D eigenvalue weighted by molar-refractivity contribution is -0.143. The molecule has 0 radical (unpaired) electrons. The highest BCUT2D eigenvalue weighted by Crippen LogP contribution is 2.19. The molecule has 1 aromatic carbocycles. The molecule has 1 aromatic rings. The quantitative estimate of drug-likeness (QED) is 0.893. The normalized spacial score (nSPS) is 21.5. The molecule has 0 spiro atoms. The highest BCUT2D eigenvalue weighted by Gasteiger charge is 2.26. The van der Waals surface area contributed by atoms with Crippen molar-refractivity contribution in [2.45, 2.75) is 45.2 Å². The zero-order valence-electron chi connectivity index (χ0n) is 10.9. The molecule has 1 unspecified atom stereocenters. The summed E-state index contributed by atoms with van der Waals surface area (Å²) in [7, 11) is 0. The maximum Gasteiger partial charge on any atom is 0.320 e. The van der Waals surface area contributed by atoms with Gasteiger partial charge in [-0.3, -0.25) is 9.69 Å². The fraction of sp³-hybridized carbons (Fsp3) is 0.533. The summed E-state index contributed by atoms with van der Waals surface area (Å²) < 4.78 is 0. The standard InChI is InChI=1S/C15H21NO2/c1-12-6-8-13(9-7-12)11-16-10-4-2-3-5-14(16)15(17)18/h6-9,14H,2-5,10-11H2,1H3,(H,17,18). The number of benzene rings is 1. The van der Waals surface area contributed by atoms with Crippen molar-refractivity contribution in [3.63, 3.8) is 0 Å². The van der Waals surface area contributed by atoms with Crippen LogP contribution in [0.15, 0.2) is 24.3 Å². The van der Waals surface area contributed by atoms with Gasteiger partial charge in [0.25, 0.3) is 0 Å². The molecule has 3 heteroatoms. The molecule has 1 atom stereocenters. The van der Waals surface area contributed by atoms with Gasteiger partial charge in [0, 0.05) is 6.54 Å². The third-order valence-electron chi connectivity index (χ3n) is 3.65. The molecule has 98 valence electrons. The summed E-state index contributed by atoms with van der Waals surface area (Å²) in [6.45, 7) is 3.71. The van der Waals surface area contributed by atoms with Gasteiger partial charge in [0.05, 0.1) is 0 Å². The Morgan fingerprint density at radius 1 is 1.28 bits per heavy atom. The fourth-order valence-corrected chi connectivity index (χ4v) is 2.56. The highest BCUT2D eigenvalue weighted by atomic mass is 16.4. The van der Waals surface area contributed by atoms with Crippen LogP contribution in [-0.2, 0) is 11.3 Å². The zero-order chi connectivity index (χ0) is 13.0. The van der Waals surface area contributed by atoms with Crippen molar-refractivity contribution in [1.29, 1.82) is 0 Å². The van der Waals surface area contributed by atoms with Crippen LogP contribution in [0.2, 0.25) is 0 Å². The van der Waals surface area contributed by atoms with Crippen LogP contribution < -0.4 is 0 Å². The van der Waals surface area contributed by atoms with Crippen molar-refractivity contribution >= 4 is 5.97 Å². The van der Waals surface area contributed by atoms with Crippen LogP contribution in [0, 0.1) is 6.92 Å². The van der Waals surface area contributed by atoms with E-state index in [2.05, 4.69) is 36.1 Å². The highest BCUT2D eigenvalue weighted by molar-refractivity contribution is 5.73. The van der Waals surface area contributed by atoms with Gasteiger partial charge in [0.15, 0.2) is 0 Å². The summed E-state index contributed by atoms with van der Waals surface area (Å²) in [6.07, 6.45) is 4.06. The van der Waals surface area contributed by atoms with Crippen molar-refractivity contribution in [1.82, 2.24) is 4.90 Å². The Labute approximate surface area is 108 Å². The Kier molecular flexibility index (Phi) is 4.37. The molecule has 1 heterocycles. The van der Waals surface area contributed by atoms with E-state index in [0.717, 1.165) is 38.8 Å². The maximum absolute atomic E-state index is 11.3. The van der Waals surface area contributed by atoms with Crippen molar-refractivity contribution in [3.05, 3.63) is 35.4 Å². The third kappa shape index (κ3) is 3.33. The van der Waals surface area contributed by atoms with E-state index in [9.17, 15) is 9.90 Å². The van der Waals surface area contributed by atoms with E-state index in [1.165, 1.54) is 11.1 Å². The summed E-state index contributed by atoms with van der Waals surface area (Å²) in [6, 6.07) is 8.05. The Hall–Kier alpha value is -1.35. The molecule has 1 saturated heterocycles. The lowest BCUT2D eigenvalue weighted by Gasteiger charge is -2.26. The summed E-state index contributed by atoms with van der Waals surface area (Å²) in [5.41, 5.74) is 2.44. The van der Waals surface area contributed by atoms with Gasteiger partial charge in [-0.15, -0.1) is 0 Å². The first kappa shape index (κ1) is 13.1. The van der Waals surface area contributed by atoms with E-state index in [0.29, 0.717) is 0 Å². The average Bonchev–Trinajstić information content (AvgIpc) is 2.57. The molecule has 3 nitrogen and oxygen atoms in total. The molecule has 18 heavy (non-hydrogen) atoms. The van der Waals surface area contributed by atoms with E-state index in [1.807, 2.05) is 0 Å². The Balaban J connectivity index is 2.08. The lowest BCUT2D eigenvalue weighted by Crippen LogP contribution is -2.40. The molecule has 0 aliphatic carbocycles. The summed E-state index contributed by atoms with van der Waals surface area (Å²) >= 11 is 0. The van der Waals surface area contributed by atoms with E-state index < -0.39 is 5.97 Å². The zero-order valence-corrected chi connectivity index (χ0v) is 10.9. The number of nitrogens with zero attached hydrogens (tertiary/aromatic N) is 1. The SMILES string of the molecule is Cc1ccc(CN2CCCCCC2C(=O)O)cc1. The molecule has 1 fully saturated rings. The second kappa shape index (κ2) is 6.01. The van der Waals surface area contributed by atoms with Crippen molar-refractivity contribution in [3.8, 4) is 0 Å². The first-order valence-electron chi connectivity index (χ1n) is 6.69. The average molecular weight is 247 g/mol. The maximum atomic E-state index is 11.3. The number of carboxylic acid groups (broad SMARTS) is 1. The van der Waals surface area contributed by atoms with Crippen LogP contribution in [0.4, 0.5) is 0 Å². The molecule has 1 N–H and O–H groups in total. The summed E-state index contributed by atoms with van der Waals surface area (Å²) in [5, 5.41) is 9.31. The van der Waals surface area contributed by atoms with Crippen molar-refractivity contribution in [2.75, 3.05) is 6.54 Å². The molecule has 0 bridgehead atoms. The number of carbonyl (C=O) groups is 1. The van der Waals surface area contributed by atoms with Crippen LogP contribution >= 0.6 is 0 Å². The Morgan fingerprint density at radius 3 is 2.67 bits per heavy atom. The number of aliphatic carboxylic acids is 1. The summed E-state index contributed by atoms with van der Waals surface area (Å²) in [5.74, 6) is -0.677. The van der Waals surface area contributed by atoms with Gasteiger partial charge in [-0.1, -0.05) is 42.7 Å². The number of hydrogen-bond acceptors (Lipinski definition) is 2. The fourth-order valence-electron chi connectivity index (χ4n) is 2.56. The molecule has 1 aliphatic heterocycles. The largest absolute Gasteiger partial charge is 0.480 e. The van der Waals surface area contributed by atoms with Gasteiger partial charge in [0.1, 0.15) is 6.04 Å². The molecule has 0 saturated carbocycles.